The maximum atomic E-state index is 8.80. The van der Waals surface area contributed by atoms with Crippen LogP contribution in [0.25, 0.3) is 0 Å². The summed E-state index contributed by atoms with van der Waals surface area (Å²) in [5, 5.41) is 17.3. The lowest BCUT2D eigenvalue weighted by molar-refractivity contribution is -0.699. The molecule has 0 aliphatic heterocycles. The zero-order valence-electron chi connectivity index (χ0n) is 8.20. The van der Waals surface area contributed by atoms with E-state index in [-0.39, 0.29) is 5.92 Å². The van der Waals surface area contributed by atoms with Gasteiger partial charge in [-0.2, -0.15) is 10.5 Å². The number of aryl methyl sites for hydroxylation is 1. The molecule has 0 amide bonds. The fraction of sp³-hybridized carbons (Fsp3) is 0.500. The van der Waals surface area contributed by atoms with E-state index in [0.29, 0.717) is 12.8 Å². The zero-order chi connectivity index (χ0) is 10.4. The monoisotopic (exact) mass is 189 g/mol. The Labute approximate surface area is 83.4 Å². The van der Waals surface area contributed by atoms with Gasteiger partial charge < -0.3 is 0 Å². The van der Waals surface area contributed by atoms with Crippen molar-refractivity contribution in [2.75, 3.05) is 0 Å². The zero-order valence-corrected chi connectivity index (χ0v) is 8.20. The van der Waals surface area contributed by atoms with E-state index in [1.165, 1.54) is 0 Å². The van der Waals surface area contributed by atoms with Gasteiger partial charge in [0, 0.05) is 0 Å². The molecule has 0 aromatic carbocycles. The molecule has 72 valence electrons. The predicted octanol–water partition coefficient (Wildman–Crippen LogP) is 0.918. The molecule has 0 saturated heterocycles. The Morgan fingerprint density at radius 2 is 2.36 bits per heavy atom. The van der Waals surface area contributed by atoms with E-state index in [1.54, 1.807) is 0 Å². The molecular weight excluding hydrogens is 176 g/mol. The first-order chi connectivity index (χ1) is 6.81. The van der Waals surface area contributed by atoms with Gasteiger partial charge in [-0.25, -0.2) is 9.55 Å². The quantitative estimate of drug-likeness (QED) is 0.715. The molecule has 0 radical (unpaired) electrons. The summed E-state index contributed by atoms with van der Waals surface area (Å²) in [6, 6.07) is 4.16. The van der Waals surface area contributed by atoms with Crippen LogP contribution in [0.15, 0.2) is 12.4 Å². The third-order valence-electron chi connectivity index (χ3n) is 2.15. The number of nitrogens with zero attached hydrogens (tertiary/aromatic N) is 3. The van der Waals surface area contributed by atoms with Crippen molar-refractivity contribution >= 4 is 0 Å². The Kier molecular flexibility index (Phi) is 3.69. The number of aromatic nitrogens is 2. The van der Waals surface area contributed by atoms with E-state index in [4.69, 9.17) is 10.5 Å². The van der Waals surface area contributed by atoms with Crippen molar-refractivity contribution < 1.29 is 4.57 Å². The Hall–Kier alpha value is -1.81. The largest absolute Gasteiger partial charge is 0.255 e. The molecule has 0 aliphatic rings. The van der Waals surface area contributed by atoms with E-state index < -0.39 is 0 Å². The molecule has 1 atom stereocenters. The van der Waals surface area contributed by atoms with Gasteiger partial charge in [0.05, 0.1) is 37.4 Å². The van der Waals surface area contributed by atoms with Gasteiger partial charge in [-0.05, 0) is 6.92 Å². The minimum atomic E-state index is -0.212. The first kappa shape index (κ1) is 10.3. The molecule has 0 bridgehead atoms. The van der Waals surface area contributed by atoms with E-state index in [2.05, 4.69) is 11.1 Å². The third kappa shape index (κ3) is 2.34. The first-order valence-electron chi connectivity index (χ1n) is 4.64. The van der Waals surface area contributed by atoms with E-state index in [9.17, 15) is 0 Å². The van der Waals surface area contributed by atoms with Gasteiger partial charge in [-0.15, -0.1) is 0 Å². The third-order valence-corrected chi connectivity index (χ3v) is 2.15. The molecule has 4 nitrogen and oxygen atoms in total. The van der Waals surface area contributed by atoms with Crippen LogP contribution in [-0.2, 0) is 13.0 Å². The summed E-state index contributed by atoms with van der Waals surface area (Å²) in [6.07, 6.45) is 4.69. The van der Waals surface area contributed by atoms with Crippen molar-refractivity contribution in [2.45, 2.75) is 26.3 Å². The van der Waals surface area contributed by atoms with Crippen LogP contribution in [0, 0.1) is 28.6 Å². The minimum absolute atomic E-state index is 0.212. The smallest absolute Gasteiger partial charge is 0.248 e. The number of hydrogen-bond donors (Lipinski definition) is 1. The summed E-state index contributed by atoms with van der Waals surface area (Å²) in [4.78, 5) is 3.08. The van der Waals surface area contributed by atoms with Crippen molar-refractivity contribution in [3.8, 4) is 12.1 Å². The molecule has 1 unspecified atom stereocenters. The number of imidazole rings is 1. The maximum Gasteiger partial charge on any atom is 0.255 e. The van der Waals surface area contributed by atoms with Crippen LogP contribution in [0.1, 0.15) is 19.2 Å². The second-order valence-corrected chi connectivity index (χ2v) is 3.09. The van der Waals surface area contributed by atoms with Gasteiger partial charge in [0.25, 0.3) is 5.82 Å². The molecule has 14 heavy (non-hydrogen) atoms. The van der Waals surface area contributed by atoms with Gasteiger partial charge in [0.1, 0.15) is 12.4 Å². The van der Waals surface area contributed by atoms with E-state index in [0.717, 1.165) is 12.4 Å². The minimum Gasteiger partial charge on any atom is -0.248 e. The van der Waals surface area contributed by atoms with Crippen molar-refractivity contribution in [3.63, 3.8) is 0 Å². The highest BCUT2D eigenvalue weighted by atomic mass is 15.0. The van der Waals surface area contributed by atoms with Gasteiger partial charge in [-0.1, -0.05) is 0 Å². The van der Waals surface area contributed by atoms with E-state index in [1.807, 2.05) is 30.0 Å². The fourth-order valence-corrected chi connectivity index (χ4v) is 1.38. The van der Waals surface area contributed by atoms with Crippen molar-refractivity contribution in [1.29, 1.82) is 10.5 Å². The van der Waals surface area contributed by atoms with Crippen molar-refractivity contribution in [3.05, 3.63) is 18.2 Å². The predicted molar refractivity (Wildman–Crippen MR) is 49.7 cm³/mol. The highest BCUT2D eigenvalue weighted by Gasteiger charge is 2.16. The Bertz CT molecular complexity index is 366. The van der Waals surface area contributed by atoms with Crippen LogP contribution in [0.2, 0.25) is 0 Å². The van der Waals surface area contributed by atoms with Crippen molar-refractivity contribution in [2.24, 2.45) is 5.92 Å². The summed E-state index contributed by atoms with van der Waals surface area (Å²) < 4.78 is 2.04. The molecule has 4 heteroatoms. The highest BCUT2D eigenvalue weighted by Crippen LogP contribution is 2.06. The number of nitriles is 2. The van der Waals surface area contributed by atoms with Gasteiger partial charge in [0.15, 0.2) is 0 Å². The Morgan fingerprint density at radius 3 is 2.93 bits per heavy atom. The lowest BCUT2D eigenvalue weighted by Gasteiger charge is -2.00. The second-order valence-electron chi connectivity index (χ2n) is 3.09. The SMILES string of the molecule is CC[n+]1cc[nH]c1CC(C#N)CC#N. The standard InChI is InChI=1S/C10H12N4/c1-2-14-6-5-13-10(14)7-9(8-12)3-4-11/h5-6,9H,2-3,7H2,1H3/p+1. The molecule has 0 saturated carbocycles. The van der Waals surface area contributed by atoms with Crippen LogP contribution >= 0.6 is 0 Å². The summed E-state index contributed by atoms with van der Waals surface area (Å²) in [7, 11) is 0. The van der Waals surface area contributed by atoms with Crippen LogP contribution < -0.4 is 4.57 Å². The summed E-state index contributed by atoms with van der Waals surface area (Å²) in [5.74, 6) is 0.797. The molecule has 1 N–H and O–H groups in total. The van der Waals surface area contributed by atoms with Crippen LogP contribution in [0.4, 0.5) is 0 Å². The average molecular weight is 189 g/mol. The lowest BCUT2D eigenvalue weighted by atomic mass is 10.0. The summed E-state index contributed by atoms with van der Waals surface area (Å²) in [5.41, 5.74) is 0. The summed E-state index contributed by atoms with van der Waals surface area (Å²) >= 11 is 0. The van der Waals surface area contributed by atoms with Gasteiger partial charge in [-0.3, -0.25) is 0 Å². The number of hydrogen-bond acceptors (Lipinski definition) is 2. The molecule has 1 heterocycles. The topological polar surface area (TPSA) is 67.2 Å². The lowest BCUT2D eigenvalue weighted by Crippen LogP contribution is -2.35. The number of H-pyrrole nitrogens is 1. The highest BCUT2D eigenvalue weighted by molar-refractivity contribution is 4.95. The molecule has 0 aliphatic carbocycles. The average Bonchev–Trinajstić information content (AvgIpc) is 2.64. The molecular formula is C10H13N4+. The van der Waals surface area contributed by atoms with E-state index >= 15 is 0 Å². The van der Waals surface area contributed by atoms with Crippen LogP contribution in [0.3, 0.4) is 0 Å². The molecule has 0 spiro atoms. The van der Waals surface area contributed by atoms with Gasteiger partial charge in [0.2, 0.25) is 0 Å². The normalized spacial score (nSPS) is 11.6. The molecule has 1 aromatic rings. The first-order valence-corrected chi connectivity index (χ1v) is 4.64. The molecule has 1 rings (SSSR count). The van der Waals surface area contributed by atoms with Gasteiger partial charge >= 0.3 is 0 Å². The molecule has 0 fully saturated rings. The number of nitrogens with one attached hydrogen (secondary N) is 1. The van der Waals surface area contributed by atoms with Crippen LogP contribution in [-0.4, -0.2) is 4.98 Å². The molecule has 1 aromatic heterocycles. The maximum absolute atomic E-state index is 8.80. The fourth-order valence-electron chi connectivity index (χ4n) is 1.38. The summed E-state index contributed by atoms with van der Waals surface area (Å²) in [6.45, 7) is 2.92. The number of rotatable bonds is 4. The second kappa shape index (κ2) is 5.04. The Balaban J connectivity index is 2.68. The Morgan fingerprint density at radius 1 is 1.57 bits per heavy atom. The number of aromatic amines is 1. The van der Waals surface area contributed by atoms with Crippen molar-refractivity contribution in [1.82, 2.24) is 4.98 Å². The van der Waals surface area contributed by atoms with Crippen LogP contribution in [0.5, 0.6) is 0 Å².